The fourth-order valence-electron chi connectivity index (χ4n) is 4.05. The molecule has 3 rings (SSSR count). The average molecular weight is 300 g/mol. The predicted octanol–water partition coefficient (Wildman–Crippen LogP) is 4.27. The van der Waals surface area contributed by atoms with E-state index in [0.29, 0.717) is 23.2 Å². The van der Waals surface area contributed by atoms with Crippen molar-refractivity contribution in [2.24, 2.45) is 5.92 Å². The van der Waals surface area contributed by atoms with Gasteiger partial charge >= 0.3 is 0 Å². The maximum Gasteiger partial charge on any atom is 0.166 e. The van der Waals surface area contributed by atoms with Crippen LogP contribution >= 0.6 is 0 Å². The Kier molecular flexibility index (Phi) is 4.23. The van der Waals surface area contributed by atoms with Crippen LogP contribution in [-0.4, -0.2) is 20.0 Å². The Morgan fingerprint density at radius 1 is 1.05 bits per heavy atom. The fourth-order valence-corrected chi connectivity index (χ4v) is 4.05. The molecular weight excluding hydrogens is 276 g/mol. The number of allylic oxidation sites excluding steroid dienone is 2. The van der Waals surface area contributed by atoms with Crippen LogP contribution in [0.1, 0.15) is 50.5 Å². The zero-order valence-corrected chi connectivity index (χ0v) is 13.6. The van der Waals surface area contributed by atoms with Crippen LogP contribution in [0.2, 0.25) is 0 Å². The summed E-state index contributed by atoms with van der Waals surface area (Å²) in [5, 5.41) is 0. The van der Waals surface area contributed by atoms with E-state index < -0.39 is 0 Å². The van der Waals surface area contributed by atoms with Gasteiger partial charge in [-0.15, -0.1) is 0 Å². The molecule has 1 aromatic carbocycles. The minimum absolute atomic E-state index is 0.0343. The number of hydrogen-bond acceptors (Lipinski definition) is 3. The molecule has 22 heavy (non-hydrogen) atoms. The first-order valence-electron chi connectivity index (χ1n) is 8.13. The summed E-state index contributed by atoms with van der Waals surface area (Å²) in [6.45, 7) is 2.01. The first-order valence-corrected chi connectivity index (χ1v) is 8.13. The highest BCUT2D eigenvalue weighted by atomic mass is 16.5. The van der Waals surface area contributed by atoms with Crippen molar-refractivity contribution in [3.8, 4) is 11.5 Å². The molecular formula is C19H24O3. The second-order valence-corrected chi connectivity index (χ2v) is 6.31. The summed E-state index contributed by atoms with van der Waals surface area (Å²) in [7, 11) is 3.27. The minimum atomic E-state index is -0.0343. The highest BCUT2D eigenvalue weighted by Gasteiger charge is 2.40. The maximum absolute atomic E-state index is 12.8. The number of Topliss-reactive ketones (excluding diaryl/α,β-unsaturated/α-hetero) is 1. The number of methoxy groups -OCH3 is 2. The van der Waals surface area contributed by atoms with E-state index in [1.165, 1.54) is 24.8 Å². The number of rotatable bonds is 3. The Balaban J connectivity index is 1.99. The van der Waals surface area contributed by atoms with Gasteiger partial charge in [0.25, 0.3) is 0 Å². The standard InChI is InChI=1S/C19H24O3/c1-12-14-7-5-4-6-8-15(14)18(19(12)20)13-9-10-16(21-2)17(11-13)22-3/h9-11,15,18H,4-8H2,1-3H3/t15-,18+/m0/s1. The number of hydrogen-bond donors (Lipinski definition) is 0. The second-order valence-electron chi connectivity index (χ2n) is 6.31. The Hall–Kier alpha value is -1.77. The van der Waals surface area contributed by atoms with Gasteiger partial charge in [-0.05, 0) is 55.4 Å². The van der Waals surface area contributed by atoms with Crippen LogP contribution in [0, 0.1) is 5.92 Å². The van der Waals surface area contributed by atoms with Gasteiger partial charge in [0.15, 0.2) is 17.3 Å². The molecule has 0 unspecified atom stereocenters. The lowest BCUT2D eigenvalue weighted by atomic mass is 9.82. The van der Waals surface area contributed by atoms with E-state index in [9.17, 15) is 4.79 Å². The van der Waals surface area contributed by atoms with Crippen molar-refractivity contribution in [2.75, 3.05) is 14.2 Å². The smallest absolute Gasteiger partial charge is 0.166 e. The van der Waals surface area contributed by atoms with E-state index in [1.54, 1.807) is 14.2 Å². The third-order valence-corrected chi connectivity index (χ3v) is 5.21. The zero-order valence-electron chi connectivity index (χ0n) is 13.6. The lowest BCUT2D eigenvalue weighted by Gasteiger charge is -2.21. The summed E-state index contributed by atoms with van der Waals surface area (Å²) in [4.78, 5) is 12.8. The number of benzene rings is 1. The molecule has 0 heterocycles. The molecule has 118 valence electrons. The molecule has 0 spiro atoms. The molecule has 2 aliphatic rings. The van der Waals surface area contributed by atoms with Crippen LogP contribution in [0.5, 0.6) is 11.5 Å². The van der Waals surface area contributed by atoms with Crippen molar-refractivity contribution in [2.45, 2.75) is 44.9 Å². The zero-order chi connectivity index (χ0) is 15.7. The number of fused-ring (bicyclic) bond motifs is 1. The molecule has 3 nitrogen and oxygen atoms in total. The van der Waals surface area contributed by atoms with E-state index in [-0.39, 0.29) is 5.92 Å². The molecule has 1 saturated carbocycles. The van der Waals surface area contributed by atoms with Gasteiger partial charge in [0.1, 0.15) is 0 Å². The predicted molar refractivity (Wildman–Crippen MR) is 86.6 cm³/mol. The number of ketones is 1. The molecule has 0 saturated heterocycles. The van der Waals surface area contributed by atoms with Crippen molar-refractivity contribution in [3.63, 3.8) is 0 Å². The quantitative estimate of drug-likeness (QED) is 0.836. The summed E-state index contributed by atoms with van der Waals surface area (Å²) < 4.78 is 10.7. The van der Waals surface area contributed by atoms with Crippen LogP contribution in [0.15, 0.2) is 29.3 Å². The SMILES string of the molecule is COc1ccc([C@H]2C(=O)C(C)=C3CCCCC[C@@H]32)cc1OC. The van der Waals surface area contributed by atoms with Gasteiger partial charge < -0.3 is 9.47 Å². The van der Waals surface area contributed by atoms with Crippen LogP contribution in [0.4, 0.5) is 0 Å². The lowest BCUT2D eigenvalue weighted by Crippen LogP contribution is -2.16. The number of ether oxygens (including phenoxy) is 2. The monoisotopic (exact) mass is 300 g/mol. The first-order chi connectivity index (χ1) is 10.7. The van der Waals surface area contributed by atoms with Crippen molar-refractivity contribution in [1.29, 1.82) is 0 Å². The largest absolute Gasteiger partial charge is 0.493 e. The Morgan fingerprint density at radius 3 is 2.55 bits per heavy atom. The fraction of sp³-hybridized carbons (Fsp3) is 0.526. The van der Waals surface area contributed by atoms with Crippen LogP contribution in [0.3, 0.4) is 0 Å². The van der Waals surface area contributed by atoms with Crippen LogP contribution < -0.4 is 9.47 Å². The second kappa shape index (κ2) is 6.15. The van der Waals surface area contributed by atoms with E-state index in [0.717, 1.165) is 24.0 Å². The summed E-state index contributed by atoms with van der Waals surface area (Å²) in [5.41, 5.74) is 3.47. The highest BCUT2D eigenvalue weighted by molar-refractivity contribution is 6.04. The van der Waals surface area contributed by atoms with Crippen molar-refractivity contribution >= 4 is 5.78 Å². The third-order valence-electron chi connectivity index (χ3n) is 5.21. The third kappa shape index (κ3) is 2.43. The van der Waals surface area contributed by atoms with Gasteiger partial charge in [-0.2, -0.15) is 0 Å². The van der Waals surface area contributed by atoms with Gasteiger partial charge in [-0.3, -0.25) is 4.79 Å². The van der Waals surface area contributed by atoms with Gasteiger partial charge in [-0.25, -0.2) is 0 Å². The number of carbonyl (C=O) groups excluding carboxylic acids is 1. The molecule has 1 aromatic rings. The van der Waals surface area contributed by atoms with E-state index in [4.69, 9.17) is 9.47 Å². The Bertz CT molecular complexity index is 615. The van der Waals surface area contributed by atoms with Gasteiger partial charge in [0.2, 0.25) is 0 Å². The highest BCUT2D eigenvalue weighted by Crippen LogP contribution is 2.48. The normalized spacial score (nSPS) is 25.0. The molecule has 0 bridgehead atoms. The van der Waals surface area contributed by atoms with Crippen LogP contribution in [0.25, 0.3) is 0 Å². The summed E-state index contributed by atoms with van der Waals surface area (Å²) >= 11 is 0. The van der Waals surface area contributed by atoms with E-state index >= 15 is 0 Å². The van der Waals surface area contributed by atoms with Crippen molar-refractivity contribution < 1.29 is 14.3 Å². The maximum atomic E-state index is 12.8. The van der Waals surface area contributed by atoms with E-state index in [2.05, 4.69) is 0 Å². The van der Waals surface area contributed by atoms with Gasteiger partial charge in [-0.1, -0.05) is 24.5 Å². The molecule has 2 atom stereocenters. The Morgan fingerprint density at radius 2 is 1.82 bits per heavy atom. The first kappa shape index (κ1) is 15.1. The molecule has 0 aliphatic heterocycles. The van der Waals surface area contributed by atoms with Gasteiger partial charge in [0, 0.05) is 0 Å². The lowest BCUT2D eigenvalue weighted by molar-refractivity contribution is -0.116. The van der Waals surface area contributed by atoms with Crippen molar-refractivity contribution in [3.05, 3.63) is 34.9 Å². The molecule has 2 aliphatic carbocycles. The molecule has 0 radical (unpaired) electrons. The minimum Gasteiger partial charge on any atom is -0.493 e. The topological polar surface area (TPSA) is 35.5 Å². The molecule has 0 aromatic heterocycles. The molecule has 3 heteroatoms. The Labute approximate surface area is 132 Å². The van der Waals surface area contributed by atoms with E-state index in [1.807, 2.05) is 25.1 Å². The average Bonchev–Trinajstić information content (AvgIpc) is 2.73. The molecule has 0 amide bonds. The van der Waals surface area contributed by atoms with Gasteiger partial charge in [0.05, 0.1) is 20.1 Å². The molecule has 1 fully saturated rings. The summed E-state index contributed by atoms with van der Waals surface area (Å²) in [6, 6.07) is 5.90. The summed E-state index contributed by atoms with van der Waals surface area (Å²) in [6.07, 6.45) is 5.93. The summed E-state index contributed by atoms with van der Waals surface area (Å²) in [5.74, 6) is 2.06. The van der Waals surface area contributed by atoms with Crippen LogP contribution in [-0.2, 0) is 4.79 Å². The van der Waals surface area contributed by atoms with Crippen molar-refractivity contribution in [1.82, 2.24) is 0 Å². The number of carbonyl (C=O) groups is 1. The molecule has 0 N–H and O–H groups in total.